The molecule has 2 aromatic rings. The number of amides is 1. The van der Waals surface area contributed by atoms with Gasteiger partial charge in [0.25, 0.3) is 5.91 Å². The number of benzene rings is 1. The van der Waals surface area contributed by atoms with E-state index in [1.807, 2.05) is 0 Å². The molecule has 1 saturated heterocycles. The van der Waals surface area contributed by atoms with Crippen LogP contribution in [0.1, 0.15) is 29.9 Å². The maximum atomic E-state index is 13.0. The Morgan fingerprint density at radius 1 is 1.13 bits per heavy atom. The zero-order chi connectivity index (χ0) is 22.1. The minimum Gasteiger partial charge on any atom is -0.373 e. The van der Waals surface area contributed by atoms with E-state index < -0.39 is 27.8 Å². The number of pyridine rings is 1. The topological polar surface area (TPSA) is 88.6 Å². The molecule has 30 heavy (non-hydrogen) atoms. The lowest BCUT2D eigenvalue weighted by atomic mass is 10.2. The second-order valence-electron chi connectivity index (χ2n) is 6.97. The lowest BCUT2D eigenvalue weighted by Crippen LogP contribution is -2.48. The largest absolute Gasteiger partial charge is 0.433 e. The number of ether oxygens (including phenoxy) is 1. The van der Waals surface area contributed by atoms with Crippen molar-refractivity contribution in [3.63, 3.8) is 0 Å². The van der Waals surface area contributed by atoms with E-state index in [0.717, 1.165) is 12.1 Å². The number of hydrogen-bond acceptors (Lipinski definition) is 5. The first-order valence-electron chi connectivity index (χ1n) is 9.08. The Bertz CT molecular complexity index is 1030. The number of nitrogens with one attached hydrogen (secondary N) is 1. The molecule has 1 amide bonds. The summed E-state index contributed by atoms with van der Waals surface area (Å²) in [6.45, 7) is 3.89. The number of carbonyl (C=O) groups is 1. The number of sulfonamides is 1. The highest BCUT2D eigenvalue weighted by molar-refractivity contribution is 7.89. The Morgan fingerprint density at radius 3 is 2.40 bits per heavy atom. The van der Waals surface area contributed by atoms with Crippen molar-refractivity contribution in [1.82, 2.24) is 9.29 Å². The van der Waals surface area contributed by atoms with Crippen molar-refractivity contribution in [2.75, 3.05) is 18.4 Å². The summed E-state index contributed by atoms with van der Waals surface area (Å²) in [7, 11) is -3.87. The van der Waals surface area contributed by atoms with Gasteiger partial charge in [-0.2, -0.15) is 17.5 Å². The monoisotopic (exact) mass is 443 g/mol. The van der Waals surface area contributed by atoms with E-state index in [2.05, 4.69) is 10.3 Å². The van der Waals surface area contributed by atoms with E-state index in [0.29, 0.717) is 0 Å². The predicted molar refractivity (Wildman–Crippen MR) is 102 cm³/mol. The Labute approximate surface area is 171 Å². The molecule has 0 aliphatic carbocycles. The number of halogens is 3. The van der Waals surface area contributed by atoms with Gasteiger partial charge in [0.2, 0.25) is 10.0 Å². The van der Waals surface area contributed by atoms with Gasteiger partial charge < -0.3 is 10.1 Å². The van der Waals surface area contributed by atoms with Crippen LogP contribution in [-0.4, -0.2) is 48.9 Å². The summed E-state index contributed by atoms with van der Waals surface area (Å²) >= 11 is 0. The first-order valence-corrected chi connectivity index (χ1v) is 10.5. The second-order valence-corrected chi connectivity index (χ2v) is 8.91. The molecule has 0 bridgehead atoms. The van der Waals surface area contributed by atoms with Gasteiger partial charge in [0.05, 0.1) is 17.1 Å². The predicted octanol–water partition coefficient (Wildman–Crippen LogP) is 3.15. The van der Waals surface area contributed by atoms with Crippen molar-refractivity contribution >= 4 is 21.7 Å². The van der Waals surface area contributed by atoms with Crippen LogP contribution in [-0.2, 0) is 20.9 Å². The molecule has 7 nitrogen and oxygen atoms in total. The van der Waals surface area contributed by atoms with Gasteiger partial charge in [-0.15, -0.1) is 0 Å². The number of hydrogen-bond donors (Lipinski definition) is 1. The van der Waals surface area contributed by atoms with Gasteiger partial charge in [0, 0.05) is 18.7 Å². The number of alkyl halides is 3. The SMILES string of the molecule is C[C@@H]1CN(S(=O)(=O)c2cccc(C(=O)Nc3cccc(C(F)(F)F)n3)c2)C[C@H](C)O1. The molecular weight excluding hydrogens is 423 g/mol. The van der Waals surface area contributed by atoms with Gasteiger partial charge in [-0.1, -0.05) is 12.1 Å². The van der Waals surface area contributed by atoms with Gasteiger partial charge in [-0.3, -0.25) is 4.79 Å². The molecular formula is C19H20F3N3O4S. The first kappa shape index (κ1) is 22.2. The van der Waals surface area contributed by atoms with Crippen molar-refractivity contribution in [3.05, 3.63) is 53.7 Å². The quantitative estimate of drug-likeness (QED) is 0.784. The molecule has 0 spiro atoms. The summed E-state index contributed by atoms with van der Waals surface area (Å²) in [5.74, 6) is -1.07. The van der Waals surface area contributed by atoms with Crippen molar-refractivity contribution in [2.45, 2.75) is 37.1 Å². The normalized spacial score (nSPS) is 20.7. The zero-order valence-corrected chi connectivity index (χ0v) is 17.0. The summed E-state index contributed by atoms with van der Waals surface area (Å²) in [5.41, 5.74) is -1.17. The standard InChI is InChI=1S/C19H20F3N3O4S/c1-12-10-25(11-13(2)29-12)30(27,28)15-6-3-5-14(9-15)18(26)24-17-8-4-7-16(23-17)19(20,21)22/h3-9,12-13H,10-11H2,1-2H3,(H,23,24,26)/t12-,13+. The molecule has 1 aliphatic heterocycles. The lowest BCUT2D eigenvalue weighted by molar-refractivity contribution is -0.141. The van der Waals surface area contributed by atoms with Crippen molar-refractivity contribution in [2.24, 2.45) is 0 Å². The molecule has 1 aromatic carbocycles. The summed E-state index contributed by atoms with van der Waals surface area (Å²) < 4.78 is 71.1. The van der Waals surface area contributed by atoms with Crippen LogP contribution in [0, 0.1) is 0 Å². The minimum atomic E-state index is -4.65. The average molecular weight is 443 g/mol. The smallest absolute Gasteiger partial charge is 0.373 e. The fraction of sp³-hybridized carbons (Fsp3) is 0.368. The van der Waals surface area contributed by atoms with E-state index in [1.165, 1.54) is 34.6 Å². The third-order valence-corrected chi connectivity index (χ3v) is 6.23. The zero-order valence-electron chi connectivity index (χ0n) is 16.2. The molecule has 0 saturated carbocycles. The number of aromatic nitrogens is 1. The van der Waals surface area contributed by atoms with E-state index in [4.69, 9.17) is 4.74 Å². The summed E-state index contributed by atoms with van der Waals surface area (Å²) in [4.78, 5) is 15.8. The van der Waals surface area contributed by atoms with Gasteiger partial charge in [0.1, 0.15) is 11.5 Å². The first-order chi connectivity index (χ1) is 14.0. The maximum absolute atomic E-state index is 13.0. The molecule has 3 rings (SSSR count). The van der Waals surface area contributed by atoms with E-state index >= 15 is 0 Å². The molecule has 2 atom stereocenters. The fourth-order valence-corrected chi connectivity index (χ4v) is 4.76. The number of anilines is 1. The molecule has 1 N–H and O–H groups in total. The van der Waals surface area contributed by atoms with Gasteiger partial charge in [0.15, 0.2) is 0 Å². The van der Waals surface area contributed by atoms with Gasteiger partial charge in [-0.25, -0.2) is 13.4 Å². The highest BCUT2D eigenvalue weighted by atomic mass is 32.2. The van der Waals surface area contributed by atoms with Crippen LogP contribution >= 0.6 is 0 Å². The average Bonchev–Trinajstić information content (AvgIpc) is 2.67. The van der Waals surface area contributed by atoms with Gasteiger partial charge in [-0.05, 0) is 44.2 Å². The minimum absolute atomic E-state index is 0.0235. The van der Waals surface area contributed by atoms with Crippen molar-refractivity contribution in [1.29, 1.82) is 0 Å². The highest BCUT2D eigenvalue weighted by Crippen LogP contribution is 2.28. The van der Waals surface area contributed by atoms with Crippen LogP contribution in [0.25, 0.3) is 0 Å². The maximum Gasteiger partial charge on any atom is 0.433 e. The van der Waals surface area contributed by atoms with Crippen molar-refractivity contribution < 1.29 is 31.1 Å². The van der Waals surface area contributed by atoms with Crippen LogP contribution in [0.2, 0.25) is 0 Å². The van der Waals surface area contributed by atoms with Crippen LogP contribution in [0.15, 0.2) is 47.4 Å². The Hall–Kier alpha value is -2.50. The molecule has 1 fully saturated rings. The van der Waals surface area contributed by atoms with Gasteiger partial charge >= 0.3 is 6.18 Å². The fourth-order valence-electron chi connectivity index (χ4n) is 3.12. The molecule has 1 aliphatic rings. The summed E-state index contributed by atoms with van der Waals surface area (Å²) in [5, 5.41) is 2.26. The highest BCUT2D eigenvalue weighted by Gasteiger charge is 2.33. The molecule has 0 unspecified atom stereocenters. The second kappa shape index (κ2) is 8.32. The Kier molecular flexibility index (Phi) is 6.16. The third kappa shape index (κ3) is 4.97. The number of rotatable bonds is 4. The molecule has 11 heteroatoms. The summed E-state index contributed by atoms with van der Waals surface area (Å²) in [6, 6.07) is 8.42. The van der Waals surface area contributed by atoms with E-state index in [-0.39, 0.29) is 41.6 Å². The molecule has 0 radical (unpaired) electrons. The number of nitrogens with zero attached hydrogens (tertiary/aromatic N) is 2. The number of morpholine rings is 1. The van der Waals surface area contributed by atoms with Crippen LogP contribution in [0.3, 0.4) is 0 Å². The number of carbonyl (C=O) groups excluding carboxylic acids is 1. The Morgan fingerprint density at radius 2 is 1.77 bits per heavy atom. The Balaban J connectivity index is 1.82. The van der Waals surface area contributed by atoms with E-state index in [9.17, 15) is 26.4 Å². The summed E-state index contributed by atoms with van der Waals surface area (Å²) in [6.07, 6.45) is -5.20. The van der Waals surface area contributed by atoms with Crippen LogP contribution in [0.4, 0.5) is 19.0 Å². The van der Waals surface area contributed by atoms with Crippen molar-refractivity contribution in [3.8, 4) is 0 Å². The molecule has 1 aromatic heterocycles. The molecule has 162 valence electrons. The lowest BCUT2D eigenvalue weighted by Gasteiger charge is -2.34. The van der Waals surface area contributed by atoms with Crippen LogP contribution in [0.5, 0.6) is 0 Å². The van der Waals surface area contributed by atoms with Crippen LogP contribution < -0.4 is 5.32 Å². The van der Waals surface area contributed by atoms with E-state index in [1.54, 1.807) is 13.8 Å². The third-order valence-electron chi connectivity index (χ3n) is 4.40. The molecule has 2 heterocycles.